The van der Waals surface area contributed by atoms with Crippen LogP contribution in [0.5, 0.6) is 0 Å². The van der Waals surface area contributed by atoms with Crippen molar-refractivity contribution in [3.05, 3.63) is 29.8 Å². The number of halogens is 2. The van der Waals surface area contributed by atoms with Gasteiger partial charge in [0.2, 0.25) is 10.0 Å². The van der Waals surface area contributed by atoms with Crippen LogP contribution >= 0.6 is 0 Å². The second-order valence-corrected chi connectivity index (χ2v) is 6.58. The molecule has 1 aliphatic heterocycles. The van der Waals surface area contributed by atoms with Crippen LogP contribution < -0.4 is 5.73 Å². The van der Waals surface area contributed by atoms with Crippen LogP contribution in [0.2, 0.25) is 0 Å². The van der Waals surface area contributed by atoms with E-state index < -0.39 is 26.6 Å². The van der Waals surface area contributed by atoms with Gasteiger partial charge in [0.15, 0.2) is 0 Å². The minimum Gasteiger partial charge on any atom is -0.330 e. The van der Waals surface area contributed by atoms with Crippen LogP contribution in [-0.4, -0.2) is 32.4 Å². The molecule has 4 nitrogen and oxygen atoms in total. The molecule has 1 heterocycles. The highest BCUT2D eigenvalue weighted by Gasteiger charge is 2.33. The number of rotatable bonds is 4. The third kappa shape index (κ3) is 2.93. The topological polar surface area (TPSA) is 63.4 Å². The maximum absolute atomic E-state index is 13.6. The second-order valence-electron chi connectivity index (χ2n) is 4.67. The van der Waals surface area contributed by atoms with E-state index in [4.69, 9.17) is 5.73 Å². The molecule has 1 saturated heterocycles. The summed E-state index contributed by atoms with van der Waals surface area (Å²) in [4.78, 5) is -0.596. The van der Waals surface area contributed by atoms with Gasteiger partial charge in [-0.2, -0.15) is 4.31 Å². The molecule has 1 aromatic carbocycles. The highest BCUT2D eigenvalue weighted by atomic mass is 32.2. The zero-order valence-electron chi connectivity index (χ0n) is 10.4. The molecule has 2 N–H and O–H groups in total. The standard InChI is InChI=1S/C12H16F2N2O2S/c13-10-1-2-11(14)12(7-10)19(17,18)16-6-4-9(8-16)3-5-15/h1-2,7,9H,3-6,8,15H2. The predicted octanol–water partition coefficient (Wildman–Crippen LogP) is 1.32. The number of nitrogens with zero attached hydrogens (tertiary/aromatic N) is 1. The van der Waals surface area contributed by atoms with Crippen molar-refractivity contribution in [2.24, 2.45) is 11.7 Å². The fourth-order valence-corrected chi connectivity index (χ4v) is 3.91. The molecule has 0 radical (unpaired) electrons. The molecule has 0 spiro atoms. The first kappa shape index (κ1) is 14.4. The molecule has 0 saturated carbocycles. The van der Waals surface area contributed by atoms with Gasteiger partial charge < -0.3 is 5.73 Å². The summed E-state index contributed by atoms with van der Waals surface area (Å²) in [5.41, 5.74) is 5.44. The lowest BCUT2D eigenvalue weighted by Gasteiger charge is -2.17. The van der Waals surface area contributed by atoms with Crippen LogP contribution in [0.3, 0.4) is 0 Å². The Labute approximate surface area is 111 Å². The first-order chi connectivity index (χ1) is 8.95. The molecule has 1 atom stereocenters. The molecule has 7 heteroatoms. The summed E-state index contributed by atoms with van der Waals surface area (Å²) in [7, 11) is -3.97. The Morgan fingerprint density at radius 2 is 2.11 bits per heavy atom. The van der Waals surface area contributed by atoms with Crippen molar-refractivity contribution in [1.82, 2.24) is 4.31 Å². The SMILES string of the molecule is NCCC1CCN(S(=O)(=O)c2cc(F)ccc2F)C1. The summed E-state index contributed by atoms with van der Waals surface area (Å²) < 4.78 is 52.4. The normalized spacial score (nSPS) is 20.9. The molecule has 1 fully saturated rings. The maximum Gasteiger partial charge on any atom is 0.246 e. The number of benzene rings is 1. The highest BCUT2D eigenvalue weighted by Crippen LogP contribution is 2.27. The Morgan fingerprint density at radius 1 is 1.37 bits per heavy atom. The molecule has 0 aliphatic carbocycles. The van der Waals surface area contributed by atoms with Gasteiger partial charge in [-0.05, 0) is 43.5 Å². The zero-order chi connectivity index (χ0) is 14.0. The van der Waals surface area contributed by atoms with Gasteiger partial charge in [0.25, 0.3) is 0 Å². The largest absolute Gasteiger partial charge is 0.330 e. The number of hydrogen-bond donors (Lipinski definition) is 1. The summed E-state index contributed by atoms with van der Waals surface area (Å²) in [5, 5.41) is 0. The molecule has 2 rings (SSSR count). The molecular formula is C12H16F2N2O2S. The van der Waals surface area contributed by atoms with E-state index in [0.29, 0.717) is 26.1 Å². The van der Waals surface area contributed by atoms with Crippen LogP contribution in [-0.2, 0) is 10.0 Å². The number of hydrogen-bond acceptors (Lipinski definition) is 3. The Morgan fingerprint density at radius 3 is 2.79 bits per heavy atom. The maximum atomic E-state index is 13.6. The van der Waals surface area contributed by atoms with Crippen LogP contribution in [0.25, 0.3) is 0 Å². The zero-order valence-corrected chi connectivity index (χ0v) is 11.2. The van der Waals surface area contributed by atoms with E-state index in [1.807, 2.05) is 0 Å². The van der Waals surface area contributed by atoms with Gasteiger partial charge in [0.1, 0.15) is 16.5 Å². The summed E-state index contributed by atoms with van der Waals surface area (Å²) in [5.74, 6) is -1.50. The van der Waals surface area contributed by atoms with E-state index in [2.05, 4.69) is 0 Å². The lowest BCUT2D eigenvalue weighted by atomic mass is 10.1. The van der Waals surface area contributed by atoms with Crippen LogP contribution in [0, 0.1) is 17.6 Å². The van der Waals surface area contributed by atoms with Crippen molar-refractivity contribution >= 4 is 10.0 Å². The van der Waals surface area contributed by atoms with E-state index in [-0.39, 0.29) is 5.92 Å². The first-order valence-electron chi connectivity index (χ1n) is 6.10. The van der Waals surface area contributed by atoms with Crippen molar-refractivity contribution in [2.45, 2.75) is 17.7 Å². The van der Waals surface area contributed by atoms with Crippen molar-refractivity contribution in [2.75, 3.05) is 19.6 Å². The average Bonchev–Trinajstić information content (AvgIpc) is 2.82. The molecule has 1 aliphatic rings. The van der Waals surface area contributed by atoms with Gasteiger partial charge in [-0.1, -0.05) is 0 Å². The monoisotopic (exact) mass is 290 g/mol. The summed E-state index contributed by atoms with van der Waals surface area (Å²) in [6.07, 6.45) is 1.44. The lowest BCUT2D eigenvalue weighted by Crippen LogP contribution is -2.30. The molecule has 1 unspecified atom stereocenters. The van der Waals surface area contributed by atoms with E-state index in [1.165, 1.54) is 4.31 Å². The minimum atomic E-state index is -3.97. The lowest BCUT2D eigenvalue weighted by molar-refractivity contribution is 0.443. The van der Waals surface area contributed by atoms with Crippen LogP contribution in [0.1, 0.15) is 12.8 Å². The molecule has 0 amide bonds. The second kappa shape index (κ2) is 5.52. The van der Waals surface area contributed by atoms with E-state index in [9.17, 15) is 17.2 Å². The van der Waals surface area contributed by atoms with Crippen LogP contribution in [0.4, 0.5) is 8.78 Å². The van der Waals surface area contributed by atoms with Crippen molar-refractivity contribution in [3.63, 3.8) is 0 Å². The quantitative estimate of drug-likeness (QED) is 0.909. The molecule has 0 aromatic heterocycles. The van der Waals surface area contributed by atoms with Gasteiger partial charge in [-0.15, -0.1) is 0 Å². The molecule has 106 valence electrons. The Kier molecular flexibility index (Phi) is 4.17. The smallest absolute Gasteiger partial charge is 0.246 e. The highest BCUT2D eigenvalue weighted by molar-refractivity contribution is 7.89. The number of sulfonamides is 1. The Bertz CT molecular complexity index is 563. The molecule has 19 heavy (non-hydrogen) atoms. The van der Waals surface area contributed by atoms with E-state index in [1.54, 1.807) is 0 Å². The fraction of sp³-hybridized carbons (Fsp3) is 0.500. The van der Waals surface area contributed by atoms with Crippen molar-refractivity contribution in [1.29, 1.82) is 0 Å². The predicted molar refractivity (Wildman–Crippen MR) is 66.9 cm³/mol. The third-order valence-electron chi connectivity index (χ3n) is 3.33. The van der Waals surface area contributed by atoms with Gasteiger partial charge in [0, 0.05) is 13.1 Å². The summed E-state index contributed by atoms with van der Waals surface area (Å²) >= 11 is 0. The molecular weight excluding hydrogens is 274 g/mol. The average molecular weight is 290 g/mol. The third-order valence-corrected chi connectivity index (χ3v) is 5.21. The molecule has 0 bridgehead atoms. The van der Waals surface area contributed by atoms with E-state index in [0.717, 1.165) is 24.6 Å². The van der Waals surface area contributed by atoms with Gasteiger partial charge >= 0.3 is 0 Å². The summed E-state index contributed by atoms with van der Waals surface area (Å²) in [6, 6.07) is 2.45. The molecule has 1 aromatic rings. The van der Waals surface area contributed by atoms with Crippen molar-refractivity contribution < 1.29 is 17.2 Å². The first-order valence-corrected chi connectivity index (χ1v) is 7.54. The van der Waals surface area contributed by atoms with Gasteiger partial charge in [-0.25, -0.2) is 17.2 Å². The Hall–Kier alpha value is -1.05. The van der Waals surface area contributed by atoms with E-state index >= 15 is 0 Å². The van der Waals surface area contributed by atoms with Crippen molar-refractivity contribution in [3.8, 4) is 0 Å². The minimum absolute atomic E-state index is 0.191. The summed E-state index contributed by atoms with van der Waals surface area (Å²) in [6.45, 7) is 1.13. The number of nitrogens with two attached hydrogens (primary N) is 1. The Balaban J connectivity index is 2.26. The van der Waals surface area contributed by atoms with Gasteiger partial charge in [0.05, 0.1) is 0 Å². The van der Waals surface area contributed by atoms with Crippen LogP contribution in [0.15, 0.2) is 23.1 Å². The fourth-order valence-electron chi connectivity index (χ4n) is 2.30. The van der Waals surface area contributed by atoms with Gasteiger partial charge in [-0.3, -0.25) is 0 Å².